The molecule has 0 aromatic heterocycles. The van der Waals surface area contributed by atoms with Gasteiger partial charge >= 0.3 is 13.1 Å². The first-order chi connectivity index (χ1) is 14.3. The van der Waals surface area contributed by atoms with Crippen LogP contribution in [0.1, 0.15) is 48.0 Å². The molecule has 1 heterocycles. The van der Waals surface area contributed by atoms with E-state index in [0.29, 0.717) is 30.4 Å². The number of aromatic carboxylic acids is 1. The molecule has 0 bridgehead atoms. The quantitative estimate of drug-likeness (QED) is 0.466. The third-order valence-electron chi connectivity index (χ3n) is 6.01. The van der Waals surface area contributed by atoms with Crippen molar-refractivity contribution in [2.75, 3.05) is 27.2 Å². The summed E-state index contributed by atoms with van der Waals surface area (Å²) in [5, 5.41) is 26.0. The number of hydrogen-bond acceptors (Lipinski definition) is 6. The largest absolute Gasteiger partial charge is 0.547 e. The molecule has 1 aliphatic heterocycles. The zero-order chi connectivity index (χ0) is 21.7. The number of carboxylic acid groups (broad SMARTS) is 1. The number of fused-ring (bicyclic) bond motifs is 1. The molecule has 2 aliphatic rings. The van der Waals surface area contributed by atoms with Gasteiger partial charge in [0.15, 0.2) is 0 Å². The molecular weight excluding hydrogens is 385 g/mol. The maximum Gasteiger partial charge on any atom is 0.547 e. The molecule has 1 atom stereocenters. The number of carbonyl (C=O) groups excluding carboxylic acids is 1. The second-order valence-corrected chi connectivity index (χ2v) is 8.66. The molecule has 1 saturated carbocycles. The number of hydrogen-bond donors (Lipinski definition) is 4. The SMILES string of the molecule is CN(C)CCN[C@H]1CC[C@H](CC(=O)N[C@H]2Cc3cccc(C(=O)O)c3OB2O)CC1. The summed E-state index contributed by atoms with van der Waals surface area (Å²) in [6, 6.07) is 5.38. The van der Waals surface area contributed by atoms with Crippen LogP contribution in [0.25, 0.3) is 0 Å². The number of nitrogens with one attached hydrogen (secondary N) is 2. The average molecular weight is 417 g/mol. The summed E-state index contributed by atoms with van der Waals surface area (Å²) >= 11 is 0. The van der Waals surface area contributed by atoms with Crippen molar-refractivity contribution in [2.45, 2.75) is 50.5 Å². The number of amides is 1. The molecule has 0 spiro atoms. The highest BCUT2D eigenvalue weighted by Crippen LogP contribution is 2.31. The van der Waals surface area contributed by atoms with E-state index in [0.717, 1.165) is 38.8 Å². The Kier molecular flexibility index (Phi) is 7.74. The molecule has 0 radical (unpaired) electrons. The van der Waals surface area contributed by atoms with Gasteiger partial charge in [-0.25, -0.2) is 4.79 Å². The zero-order valence-electron chi connectivity index (χ0n) is 17.8. The van der Waals surface area contributed by atoms with E-state index in [1.807, 2.05) is 0 Å². The van der Waals surface area contributed by atoms with Gasteiger partial charge in [0.2, 0.25) is 5.91 Å². The Bertz CT molecular complexity index is 752. The maximum atomic E-state index is 12.5. The van der Waals surface area contributed by atoms with Crippen LogP contribution in [0.4, 0.5) is 0 Å². The van der Waals surface area contributed by atoms with Crippen molar-refractivity contribution in [3.8, 4) is 5.75 Å². The van der Waals surface area contributed by atoms with Crippen LogP contribution in [0.2, 0.25) is 0 Å². The Morgan fingerprint density at radius 1 is 1.23 bits per heavy atom. The number of rotatable bonds is 8. The van der Waals surface area contributed by atoms with Crippen molar-refractivity contribution in [3.05, 3.63) is 29.3 Å². The second-order valence-electron chi connectivity index (χ2n) is 8.66. The van der Waals surface area contributed by atoms with E-state index in [9.17, 15) is 19.7 Å². The van der Waals surface area contributed by atoms with Crippen LogP contribution < -0.4 is 15.3 Å². The Morgan fingerprint density at radius 3 is 2.63 bits per heavy atom. The molecule has 164 valence electrons. The normalized spacial score (nSPS) is 23.6. The molecule has 1 fully saturated rings. The molecule has 0 unspecified atom stereocenters. The monoisotopic (exact) mass is 417 g/mol. The van der Waals surface area contributed by atoms with E-state index in [2.05, 4.69) is 29.6 Å². The predicted octanol–water partition coefficient (Wildman–Crippen LogP) is 0.924. The third kappa shape index (κ3) is 5.96. The number of para-hydroxylation sites is 1. The summed E-state index contributed by atoms with van der Waals surface area (Å²) < 4.78 is 5.44. The molecule has 4 N–H and O–H groups in total. The van der Waals surface area contributed by atoms with Gasteiger partial charge in [-0.05, 0) is 63.7 Å². The zero-order valence-corrected chi connectivity index (χ0v) is 17.8. The second kappa shape index (κ2) is 10.3. The Labute approximate surface area is 178 Å². The highest BCUT2D eigenvalue weighted by molar-refractivity contribution is 6.47. The number of likely N-dealkylation sites (N-methyl/N-ethyl adjacent to an activating group) is 1. The average Bonchev–Trinajstić information content (AvgIpc) is 2.69. The molecule has 1 aromatic carbocycles. The minimum atomic E-state index is -1.27. The lowest BCUT2D eigenvalue weighted by atomic mass is 9.72. The lowest BCUT2D eigenvalue weighted by Crippen LogP contribution is -2.53. The molecule has 1 aromatic rings. The number of benzene rings is 1. The van der Waals surface area contributed by atoms with Crippen molar-refractivity contribution < 1.29 is 24.4 Å². The fourth-order valence-corrected chi connectivity index (χ4v) is 4.31. The number of nitrogens with zero attached hydrogens (tertiary/aromatic N) is 1. The van der Waals surface area contributed by atoms with E-state index in [1.54, 1.807) is 12.1 Å². The van der Waals surface area contributed by atoms with Gasteiger partial charge in [-0.1, -0.05) is 12.1 Å². The predicted molar refractivity (Wildman–Crippen MR) is 115 cm³/mol. The van der Waals surface area contributed by atoms with Gasteiger partial charge in [0.25, 0.3) is 0 Å². The minimum Gasteiger partial charge on any atom is -0.534 e. The van der Waals surface area contributed by atoms with Crippen molar-refractivity contribution in [2.24, 2.45) is 5.92 Å². The van der Waals surface area contributed by atoms with Gasteiger partial charge < -0.3 is 30.3 Å². The first-order valence-electron chi connectivity index (χ1n) is 10.7. The first kappa shape index (κ1) is 22.6. The van der Waals surface area contributed by atoms with Crippen LogP contribution >= 0.6 is 0 Å². The fourth-order valence-electron chi connectivity index (χ4n) is 4.31. The van der Waals surface area contributed by atoms with Crippen LogP contribution in [-0.2, 0) is 11.2 Å². The van der Waals surface area contributed by atoms with Crippen molar-refractivity contribution in [1.82, 2.24) is 15.5 Å². The van der Waals surface area contributed by atoms with E-state index < -0.39 is 19.0 Å². The summed E-state index contributed by atoms with van der Waals surface area (Å²) in [6.07, 6.45) is 4.96. The standard InChI is InChI=1S/C21H32BN3O5/c1-25(2)11-10-23-16-8-6-14(7-9-16)12-19(26)24-18-13-15-4-3-5-17(21(27)28)20(15)30-22(18)29/h3-5,14,16,18,23,29H,6-13H2,1-2H3,(H,24,26)(H,27,28)/t14-,16-,18-/m0/s1. The Balaban J connectivity index is 1.46. The molecule has 0 saturated heterocycles. The Morgan fingerprint density at radius 2 is 1.97 bits per heavy atom. The van der Waals surface area contributed by atoms with E-state index in [4.69, 9.17) is 4.65 Å². The van der Waals surface area contributed by atoms with E-state index in [-0.39, 0.29) is 17.2 Å². The van der Waals surface area contributed by atoms with Crippen LogP contribution in [-0.4, -0.2) is 73.2 Å². The molecule has 1 amide bonds. The smallest absolute Gasteiger partial charge is 0.534 e. The van der Waals surface area contributed by atoms with Crippen molar-refractivity contribution in [3.63, 3.8) is 0 Å². The summed E-state index contributed by atoms with van der Waals surface area (Å²) in [5.74, 6) is -1.25. The summed E-state index contributed by atoms with van der Waals surface area (Å²) in [7, 11) is 2.86. The summed E-state index contributed by atoms with van der Waals surface area (Å²) in [4.78, 5) is 26.0. The molecule has 30 heavy (non-hydrogen) atoms. The Hall–Kier alpha value is -2.10. The number of carboxylic acids is 1. The lowest BCUT2D eigenvalue weighted by Gasteiger charge is -2.31. The third-order valence-corrected chi connectivity index (χ3v) is 6.01. The molecule has 3 rings (SSSR count). The number of carbonyl (C=O) groups is 2. The molecule has 9 heteroatoms. The van der Waals surface area contributed by atoms with Gasteiger partial charge in [0.05, 0.1) is 11.5 Å². The first-order valence-corrected chi connectivity index (χ1v) is 10.7. The minimum absolute atomic E-state index is 0.0206. The lowest BCUT2D eigenvalue weighted by molar-refractivity contribution is -0.122. The summed E-state index contributed by atoms with van der Waals surface area (Å²) in [5.41, 5.74) is 0.696. The fraction of sp³-hybridized carbons (Fsp3) is 0.619. The van der Waals surface area contributed by atoms with E-state index >= 15 is 0 Å². The van der Waals surface area contributed by atoms with Crippen molar-refractivity contribution >= 4 is 19.0 Å². The van der Waals surface area contributed by atoms with Crippen LogP contribution in [0.15, 0.2) is 18.2 Å². The van der Waals surface area contributed by atoms with Gasteiger partial charge in [-0.3, -0.25) is 4.79 Å². The van der Waals surface area contributed by atoms with Gasteiger partial charge in [-0.2, -0.15) is 0 Å². The van der Waals surface area contributed by atoms with Crippen LogP contribution in [0.5, 0.6) is 5.75 Å². The van der Waals surface area contributed by atoms with Crippen LogP contribution in [0, 0.1) is 5.92 Å². The molecule has 1 aliphatic carbocycles. The summed E-state index contributed by atoms with van der Waals surface area (Å²) in [6.45, 7) is 2.00. The highest BCUT2D eigenvalue weighted by Gasteiger charge is 2.38. The van der Waals surface area contributed by atoms with Gasteiger partial charge in [0.1, 0.15) is 5.75 Å². The van der Waals surface area contributed by atoms with E-state index in [1.165, 1.54) is 6.07 Å². The maximum absolute atomic E-state index is 12.5. The van der Waals surface area contributed by atoms with Gasteiger partial charge in [-0.15, -0.1) is 0 Å². The molecule has 8 nitrogen and oxygen atoms in total. The van der Waals surface area contributed by atoms with Crippen molar-refractivity contribution in [1.29, 1.82) is 0 Å². The van der Waals surface area contributed by atoms with Gasteiger partial charge in [0, 0.05) is 25.6 Å². The highest BCUT2D eigenvalue weighted by atomic mass is 16.5. The van der Waals surface area contributed by atoms with Crippen LogP contribution in [0.3, 0.4) is 0 Å². The topological polar surface area (TPSA) is 111 Å². The molecular formula is C21H32BN3O5.